The molecular formula is C23H31F3N2O5S. The Morgan fingerprint density at radius 3 is 2.53 bits per heavy atom. The van der Waals surface area contributed by atoms with Gasteiger partial charge in [-0.15, -0.1) is 0 Å². The van der Waals surface area contributed by atoms with Crippen LogP contribution in [-0.4, -0.2) is 73.6 Å². The zero-order valence-electron chi connectivity index (χ0n) is 19.3. The second-order valence-corrected chi connectivity index (χ2v) is 11.7. The summed E-state index contributed by atoms with van der Waals surface area (Å²) in [6.07, 6.45) is -2.48. The first-order chi connectivity index (χ1) is 15.8. The summed E-state index contributed by atoms with van der Waals surface area (Å²) >= 11 is 0. The van der Waals surface area contributed by atoms with Crippen molar-refractivity contribution in [2.24, 2.45) is 5.41 Å². The van der Waals surface area contributed by atoms with Crippen LogP contribution in [0.25, 0.3) is 0 Å². The molecule has 7 nitrogen and oxygen atoms in total. The molecule has 0 aromatic heterocycles. The van der Waals surface area contributed by atoms with Crippen molar-refractivity contribution in [2.75, 3.05) is 26.1 Å². The third-order valence-corrected chi connectivity index (χ3v) is 9.51. The van der Waals surface area contributed by atoms with E-state index < -0.39 is 44.9 Å². The van der Waals surface area contributed by atoms with Gasteiger partial charge < -0.3 is 19.6 Å². The Balaban J connectivity index is 1.59. The van der Waals surface area contributed by atoms with Crippen LogP contribution in [0.1, 0.15) is 50.2 Å². The van der Waals surface area contributed by atoms with Gasteiger partial charge in [-0.05, 0) is 69.8 Å². The third kappa shape index (κ3) is 4.59. The lowest BCUT2D eigenvalue weighted by Gasteiger charge is -2.40. The molecule has 11 heteroatoms. The van der Waals surface area contributed by atoms with E-state index in [1.54, 1.807) is 0 Å². The molecule has 1 aromatic rings. The summed E-state index contributed by atoms with van der Waals surface area (Å²) in [5.74, 6) is -1.13. The van der Waals surface area contributed by atoms with Crippen molar-refractivity contribution in [3.05, 3.63) is 29.3 Å². The molecule has 1 saturated carbocycles. The van der Waals surface area contributed by atoms with Crippen LogP contribution in [0.3, 0.4) is 0 Å². The molecule has 0 bridgehead atoms. The summed E-state index contributed by atoms with van der Waals surface area (Å²) in [6, 6.07) is 2.86. The maximum atomic E-state index is 13.7. The predicted molar refractivity (Wildman–Crippen MR) is 117 cm³/mol. The lowest BCUT2D eigenvalue weighted by Crippen LogP contribution is -2.52. The van der Waals surface area contributed by atoms with E-state index in [2.05, 4.69) is 4.90 Å². The number of rotatable bonds is 4. The van der Waals surface area contributed by atoms with Crippen LogP contribution < -0.4 is 0 Å². The van der Waals surface area contributed by atoms with Crippen LogP contribution in [0.4, 0.5) is 13.2 Å². The molecule has 2 aliphatic heterocycles. The lowest BCUT2D eigenvalue weighted by molar-refractivity contribution is -0.148. The summed E-state index contributed by atoms with van der Waals surface area (Å²) in [5.41, 5.74) is -2.19. The number of nitrogens with zero attached hydrogens (tertiary/aromatic N) is 2. The van der Waals surface area contributed by atoms with Crippen molar-refractivity contribution < 1.29 is 36.2 Å². The van der Waals surface area contributed by atoms with Crippen LogP contribution in [0, 0.1) is 5.41 Å². The highest BCUT2D eigenvalue weighted by Crippen LogP contribution is 2.46. The number of aliphatic hydroxyl groups is 1. The van der Waals surface area contributed by atoms with E-state index in [9.17, 15) is 31.5 Å². The monoisotopic (exact) mass is 504 g/mol. The maximum Gasteiger partial charge on any atom is 0.416 e. The average Bonchev–Trinajstić information content (AvgIpc) is 3.24. The molecule has 3 aliphatic rings. The molecule has 1 aliphatic carbocycles. The maximum absolute atomic E-state index is 13.7. The van der Waals surface area contributed by atoms with Gasteiger partial charge in [-0.25, -0.2) is 8.42 Å². The summed E-state index contributed by atoms with van der Waals surface area (Å²) in [4.78, 5) is 16.9. The lowest BCUT2D eigenvalue weighted by atomic mass is 9.79. The van der Waals surface area contributed by atoms with Crippen molar-refractivity contribution in [3.63, 3.8) is 0 Å². The molecule has 0 spiro atoms. The summed E-state index contributed by atoms with van der Waals surface area (Å²) in [5, 5.41) is 10.7. The number of benzene rings is 1. The Morgan fingerprint density at radius 2 is 1.91 bits per heavy atom. The van der Waals surface area contributed by atoms with E-state index in [0.717, 1.165) is 35.9 Å². The number of hydrogen-bond acceptors (Lipinski definition) is 6. The molecule has 190 valence electrons. The summed E-state index contributed by atoms with van der Waals surface area (Å²) in [6.45, 7) is 2.63. The van der Waals surface area contributed by atoms with Crippen LogP contribution in [0.5, 0.6) is 0 Å². The fraction of sp³-hybridized carbons (Fsp3) is 0.696. The molecule has 1 amide bonds. The van der Waals surface area contributed by atoms with Gasteiger partial charge in [0.05, 0.1) is 22.0 Å². The smallest absolute Gasteiger partial charge is 0.392 e. The first-order valence-electron chi connectivity index (χ1n) is 11.6. The van der Waals surface area contributed by atoms with Gasteiger partial charge in [0.2, 0.25) is 5.91 Å². The standard InChI is InChI=1S/C23H31F3N2O5S/c1-15(29)22(8-5-19(12-22)27(2)18-6-9-33-10-7-18)21(30)28-13-16-11-17(23(24,25)26)3-4-20(16)34(31,32)14-28/h3-4,11,15,18-19,29H,5-10,12-14H2,1-2H3/t15?,19?,22-/m0/s1. The number of amides is 1. The van der Waals surface area contributed by atoms with Crippen LogP contribution in [-0.2, 0) is 32.1 Å². The molecule has 2 heterocycles. The fourth-order valence-electron chi connectivity index (χ4n) is 5.69. The second kappa shape index (κ2) is 9.07. The number of ether oxygens (including phenoxy) is 1. The van der Waals surface area contributed by atoms with Crippen molar-refractivity contribution >= 4 is 15.7 Å². The van der Waals surface area contributed by atoms with Crippen molar-refractivity contribution in [2.45, 2.75) is 74.8 Å². The normalized spacial score (nSPS) is 28.7. The van der Waals surface area contributed by atoms with Gasteiger partial charge in [-0.1, -0.05) is 0 Å². The number of hydrogen-bond donors (Lipinski definition) is 1. The summed E-state index contributed by atoms with van der Waals surface area (Å²) < 4.78 is 70.8. The van der Waals surface area contributed by atoms with Gasteiger partial charge in [0, 0.05) is 31.8 Å². The number of aliphatic hydroxyl groups excluding tert-OH is 1. The average molecular weight is 505 g/mol. The highest BCUT2D eigenvalue weighted by atomic mass is 32.2. The Bertz CT molecular complexity index is 1040. The SMILES string of the molecule is CC(O)[C@]1(C(=O)N2Cc3cc(C(F)(F)F)ccc3S(=O)(=O)C2)CCC(N(C)C2CCOCC2)C1. The van der Waals surface area contributed by atoms with Crippen LogP contribution >= 0.6 is 0 Å². The largest absolute Gasteiger partial charge is 0.416 e. The number of sulfone groups is 1. The molecule has 3 atom stereocenters. The van der Waals surface area contributed by atoms with E-state index in [1.165, 1.54) is 6.92 Å². The van der Waals surface area contributed by atoms with E-state index in [1.807, 2.05) is 7.05 Å². The van der Waals surface area contributed by atoms with Gasteiger partial charge in [0.1, 0.15) is 5.88 Å². The minimum Gasteiger partial charge on any atom is -0.392 e. The highest BCUT2D eigenvalue weighted by molar-refractivity contribution is 7.91. The van der Waals surface area contributed by atoms with Gasteiger partial charge in [0.15, 0.2) is 9.84 Å². The van der Waals surface area contributed by atoms with E-state index in [0.29, 0.717) is 38.5 Å². The van der Waals surface area contributed by atoms with Gasteiger partial charge in [-0.3, -0.25) is 4.79 Å². The number of halogens is 3. The first-order valence-corrected chi connectivity index (χ1v) is 13.2. The predicted octanol–water partition coefficient (Wildman–Crippen LogP) is 2.81. The van der Waals surface area contributed by atoms with Crippen molar-refractivity contribution in [1.82, 2.24) is 9.80 Å². The molecule has 0 radical (unpaired) electrons. The van der Waals surface area contributed by atoms with Crippen molar-refractivity contribution in [1.29, 1.82) is 0 Å². The van der Waals surface area contributed by atoms with Crippen LogP contribution in [0.2, 0.25) is 0 Å². The molecule has 2 unspecified atom stereocenters. The van der Waals surface area contributed by atoms with Gasteiger partial charge >= 0.3 is 6.18 Å². The fourth-order valence-corrected chi connectivity index (χ4v) is 7.25. The van der Waals surface area contributed by atoms with Crippen LogP contribution in [0.15, 0.2) is 23.1 Å². The molecular weight excluding hydrogens is 473 g/mol. The minimum absolute atomic E-state index is 0.0344. The van der Waals surface area contributed by atoms with Gasteiger partial charge in [0.25, 0.3) is 0 Å². The molecule has 1 aromatic carbocycles. The first kappa shape index (κ1) is 25.4. The number of fused-ring (bicyclic) bond motifs is 1. The topological polar surface area (TPSA) is 87.2 Å². The van der Waals surface area contributed by atoms with Gasteiger partial charge in [-0.2, -0.15) is 13.2 Å². The zero-order valence-corrected chi connectivity index (χ0v) is 20.2. The number of alkyl halides is 3. The summed E-state index contributed by atoms with van der Waals surface area (Å²) in [7, 11) is -1.99. The minimum atomic E-state index is -4.63. The van der Waals surface area contributed by atoms with E-state index in [4.69, 9.17) is 4.74 Å². The van der Waals surface area contributed by atoms with Crippen molar-refractivity contribution in [3.8, 4) is 0 Å². The highest BCUT2D eigenvalue weighted by Gasteiger charge is 2.53. The quantitative estimate of drug-likeness (QED) is 0.679. The third-order valence-electron chi connectivity index (χ3n) is 7.79. The molecule has 1 saturated heterocycles. The molecule has 2 fully saturated rings. The Kier molecular flexibility index (Phi) is 6.78. The Morgan fingerprint density at radius 1 is 1.24 bits per heavy atom. The Labute approximate surface area is 197 Å². The second-order valence-electron chi connectivity index (χ2n) is 9.80. The molecule has 34 heavy (non-hydrogen) atoms. The number of carbonyl (C=O) groups excluding carboxylic acids is 1. The zero-order chi connectivity index (χ0) is 24.9. The van der Waals surface area contributed by atoms with E-state index in [-0.39, 0.29) is 23.0 Å². The molecule has 1 N–H and O–H groups in total. The Hall–Kier alpha value is -1.69. The van der Waals surface area contributed by atoms with E-state index >= 15 is 0 Å². The number of carbonyl (C=O) groups is 1. The molecule has 4 rings (SSSR count).